The van der Waals surface area contributed by atoms with Crippen LogP contribution in [0.1, 0.15) is 26.7 Å². The molecule has 0 radical (unpaired) electrons. The topological polar surface area (TPSA) is 81.8 Å². The molecule has 0 aromatic rings. The molecule has 1 aliphatic rings. The van der Waals surface area contributed by atoms with E-state index in [-0.39, 0.29) is 18.8 Å². The average molecular weight is 217 g/mol. The van der Waals surface area contributed by atoms with Crippen LogP contribution in [0.25, 0.3) is 0 Å². The molecular formula is C10H19NO4. The molecular weight excluding hydrogens is 198 g/mol. The summed E-state index contributed by atoms with van der Waals surface area (Å²) in [6.07, 6.45) is 0.416. The Kier molecular flexibility index (Phi) is 4.50. The van der Waals surface area contributed by atoms with E-state index in [1.54, 1.807) is 6.92 Å². The third-order valence-electron chi connectivity index (χ3n) is 2.57. The smallest absolute Gasteiger partial charge is 0.325 e. The van der Waals surface area contributed by atoms with Crippen LogP contribution in [0.15, 0.2) is 0 Å². The lowest BCUT2D eigenvalue weighted by molar-refractivity contribution is -0.150. The minimum absolute atomic E-state index is 0.124. The van der Waals surface area contributed by atoms with Crippen molar-refractivity contribution in [3.8, 4) is 0 Å². The van der Waals surface area contributed by atoms with Crippen molar-refractivity contribution in [2.75, 3.05) is 6.61 Å². The van der Waals surface area contributed by atoms with Crippen LogP contribution in [0.2, 0.25) is 0 Å². The first kappa shape index (κ1) is 12.4. The molecule has 88 valence electrons. The van der Waals surface area contributed by atoms with E-state index in [1.807, 2.05) is 6.92 Å². The Morgan fingerprint density at radius 3 is 2.80 bits per heavy atom. The fourth-order valence-corrected chi connectivity index (χ4v) is 1.69. The first-order chi connectivity index (χ1) is 7.06. The van der Waals surface area contributed by atoms with Gasteiger partial charge in [-0.3, -0.25) is 4.79 Å². The van der Waals surface area contributed by atoms with E-state index >= 15 is 0 Å². The largest absolute Gasteiger partial charge is 0.465 e. The highest BCUT2D eigenvalue weighted by Gasteiger charge is 2.35. The number of hydrogen-bond acceptors (Lipinski definition) is 5. The van der Waals surface area contributed by atoms with E-state index in [2.05, 4.69) is 0 Å². The van der Waals surface area contributed by atoms with Crippen molar-refractivity contribution in [1.82, 2.24) is 0 Å². The Morgan fingerprint density at radius 1 is 1.67 bits per heavy atom. The lowest BCUT2D eigenvalue weighted by atomic mass is 10.0. The summed E-state index contributed by atoms with van der Waals surface area (Å²) in [6, 6.07) is -1.01. The van der Waals surface area contributed by atoms with Crippen LogP contribution in [-0.4, -0.2) is 42.0 Å². The third-order valence-corrected chi connectivity index (χ3v) is 2.57. The van der Waals surface area contributed by atoms with Crippen LogP contribution < -0.4 is 5.73 Å². The number of carbonyl (C=O) groups is 1. The Balaban J connectivity index is 2.45. The maximum absolute atomic E-state index is 11.3. The quantitative estimate of drug-likeness (QED) is 0.638. The van der Waals surface area contributed by atoms with Gasteiger partial charge in [0.15, 0.2) is 0 Å². The Hall–Kier alpha value is -0.650. The molecule has 0 aromatic carbocycles. The minimum Gasteiger partial charge on any atom is -0.465 e. The second-order valence-electron chi connectivity index (χ2n) is 3.83. The van der Waals surface area contributed by atoms with Gasteiger partial charge in [-0.15, -0.1) is 0 Å². The van der Waals surface area contributed by atoms with Gasteiger partial charge in [0.05, 0.1) is 18.8 Å². The number of carbonyl (C=O) groups excluding carboxylic acids is 1. The van der Waals surface area contributed by atoms with Crippen LogP contribution in [0.3, 0.4) is 0 Å². The monoisotopic (exact) mass is 217 g/mol. The number of aliphatic hydroxyl groups excluding tert-OH is 1. The van der Waals surface area contributed by atoms with Gasteiger partial charge in [-0.1, -0.05) is 0 Å². The molecule has 5 nitrogen and oxygen atoms in total. The molecule has 5 heteroatoms. The first-order valence-electron chi connectivity index (χ1n) is 5.32. The molecule has 4 unspecified atom stereocenters. The lowest BCUT2D eigenvalue weighted by Gasteiger charge is -2.22. The van der Waals surface area contributed by atoms with Gasteiger partial charge in [-0.05, 0) is 26.7 Å². The van der Waals surface area contributed by atoms with Crippen LogP contribution in [0.4, 0.5) is 0 Å². The van der Waals surface area contributed by atoms with E-state index in [1.165, 1.54) is 0 Å². The lowest BCUT2D eigenvalue weighted by Crippen LogP contribution is -2.48. The van der Waals surface area contributed by atoms with Gasteiger partial charge in [0.2, 0.25) is 0 Å². The minimum atomic E-state index is -1.01. The molecule has 0 spiro atoms. The summed E-state index contributed by atoms with van der Waals surface area (Å²) >= 11 is 0. The molecule has 1 rings (SSSR count). The van der Waals surface area contributed by atoms with E-state index in [0.29, 0.717) is 0 Å². The molecule has 0 aromatic heterocycles. The SMILES string of the molecule is CCOC(=O)C(N)C(O)C1CCC(C)O1. The van der Waals surface area contributed by atoms with Crippen LogP contribution in [0, 0.1) is 0 Å². The van der Waals surface area contributed by atoms with Crippen LogP contribution in [-0.2, 0) is 14.3 Å². The van der Waals surface area contributed by atoms with Crippen molar-refractivity contribution in [2.24, 2.45) is 5.73 Å². The number of ether oxygens (including phenoxy) is 2. The van der Waals surface area contributed by atoms with Crippen molar-refractivity contribution >= 4 is 5.97 Å². The normalized spacial score (nSPS) is 29.9. The number of esters is 1. The standard InChI is InChI=1S/C10H19NO4/c1-3-14-10(13)8(11)9(12)7-5-4-6(2)15-7/h6-9,12H,3-5,11H2,1-2H3. The summed E-state index contributed by atoms with van der Waals surface area (Å²) in [7, 11) is 0. The molecule has 1 fully saturated rings. The molecule has 0 bridgehead atoms. The molecule has 0 saturated carbocycles. The van der Waals surface area contributed by atoms with Crippen molar-refractivity contribution in [3.63, 3.8) is 0 Å². The van der Waals surface area contributed by atoms with E-state index in [9.17, 15) is 9.90 Å². The summed E-state index contributed by atoms with van der Waals surface area (Å²) in [4.78, 5) is 11.3. The zero-order valence-corrected chi connectivity index (χ0v) is 9.18. The molecule has 3 N–H and O–H groups in total. The van der Waals surface area contributed by atoms with E-state index < -0.39 is 18.1 Å². The highest BCUT2D eigenvalue weighted by atomic mass is 16.5. The molecule has 1 aliphatic heterocycles. The predicted molar refractivity (Wildman–Crippen MR) is 54.2 cm³/mol. The number of rotatable bonds is 4. The predicted octanol–water partition coefficient (Wildman–Crippen LogP) is -0.195. The fraction of sp³-hybridized carbons (Fsp3) is 0.900. The summed E-state index contributed by atoms with van der Waals surface area (Å²) in [5, 5.41) is 9.78. The van der Waals surface area contributed by atoms with Crippen molar-refractivity contribution < 1.29 is 19.4 Å². The van der Waals surface area contributed by atoms with Crippen LogP contribution >= 0.6 is 0 Å². The maximum atomic E-state index is 11.3. The van der Waals surface area contributed by atoms with Crippen molar-refractivity contribution in [1.29, 1.82) is 0 Å². The molecule has 0 aliphatic carbocycles. The van der Waals surface area contributed by atoms with Gasteiger partial charge in [-0.2, -0.15) is 0 Å². The molecule has 0 amide bonds. The number of hydrogen-bond donors (Lipinski definition) is 2. The average Bonchev–Trinajstić information content (AvgIpc) is 2.63. The molecule has 15 heavy (non-hydrogen) atoms. The van der Waals surface area contributed by atoms with Gasteiger partial charge in [0, 0.05) is 0 Å². The Bertz CT molecular complexity index is 221. The first-order valence-corrected chi connectivity index (χ1v) is 5.32. The summed E-state index contributed by atoms with van der Waals surface area (Å²) in [6.45, 7) is 3.90. The third kappa shape index (κ3) is 3.15. The summed E-state index contributed by atoms with van der Waals surface area (Å²) in [5.41, 5.74) is 5.57. The van der Waals surface area contributed by atoms with Gasteiger partial charge in [0.1, 0.15) is 12.1 Å². The zero-order chi connectivity index (χ0) is 11.4. The van der Waals surface area contributed by atoms with Crippen molar-refractivity contribution in [3.05, 3.63) is 0 Å². The number of nitrogens with two attached hydrogens (primary N) is 1. The molecule has 1 heterocycles. The Labute approximate surface area is 89.5 Å². The van der Waals surface area contributed by atoms with E-state index in [4.69, 9.17) is 15.2 Å². The van der Waals surface area contributed by atoms with Gasteiger partial charge < -0.3 is 20.3 Å². The fourth-order valence-electron chi connectivity index (χ4n) is 1.69. The van der Waals surface area contributed by atoms with Gasteiger partial charge in [0.25, 0.3) is 0 Å². The van der Waals surface area contributed by atoms with Crippen molar-refractivity contribution in [2.45, 2.75) is 51.0 Å². The van der Waals surface area contributed by atoms with E-state index in [0.717, 1.165) is 12.8 Å². The number of aliphatic hydroxyl groups is 1. The highest BCUT2D eigenvalue weighted by molar-refractivity contribution is 5.76. The van der Waals surface area contributed by atoms with Gasteiger partial charge in [-0.25, -0.2) is 0 Å². The highest BCUT2D eigenvalue weighted by Crippen LogP contribution is 2.22. The van der Waals surface area contributed by atoms with Crippen LogP contribution in [0.5, 0.6) is 0 Å². The summed E-state index contributed by atoms with van der Waals surface area (Å²) in [5.74, 6) is -0.576. The Morgan fingerprint density at radius 2 is 2.33 bits per heavy atom. The second-order valence-corrected chi connectivity index (χ2v) is 3.83. The summed E-state index contributed by atoms with van der Waals surface area (Å²) < 4.78 is 10.2. The second kappa shape index (κ2) is 5.44. The molecule has 4 atom stereocenters. The zero-order valence-electron chi connectivity index (χ0n) is 9.18. The van der Waals surface area contributed by atoms with Gasteiger partial charge >= 0.3 is 5.97 Å². The molecule has 1 saturated heterocycles. The maximum Gasteiger partial charge on any atom is 0.325 e.